The molecule has 1 fully saturated rings. The maximum absolute atomic E-state index is 11.9. The Balaban J connectivity index is 2.10. The van der Waals surface area contributed by atoms with Gasteiger partial charge in [-0.25, -0.2) is 0 Å². The maximum Gasteiger partial charge on any atom is 0.239 e. The van der Waals surface area contributed by atoms with Gasteiger partial charge < -0.3 is 15.0 Å². The van der Waals surface area contributed by atoms with Crippen molar-refractivity contribution in [3.63, 3.8) is 0 Å². The van der Waals surface area contributed by atoms with Gasteiger partial charge in [-0.1, -0.05) is 20.8 Å². The van der Waals surface area contributed by atoms with Crippen molar-refractivity contribution < 1.29 is 9.53 Å². The molecule has 17 heavy (non-hydrogen) atoms. The van der Waals surface area contributed by atoms with Gasteiger partial charge >= 0.3 is 0 Å². The van der Waals surface area contributed by atoms with E-state index in [0.29, 0.717) is 5.92 Å². The molecule has 1 amide bonds. The molecule has 1 saturated heterocycles. The van der Waals surface area contributed by atoms with Crippen LogP contribution in [0.1, 0.15) is 33.6 Å². The average molecular weight is 242 g/mol. The molecule has 0 bridgehead atoms. The molecule has 1 rings (SSSR count). The Kier molecular flexibility index (Phi) is 6.52. The van der Waals surface area contributed by atoms with E-state index in [9.17, 15) is 4.79 Å². The number of carbonyl (C=O) groups is 1. The van der Waals surface area contributed by atoms with Crippen LogP contribution in [-0.2, 0) is 9.53 Å². The van der Waals surface area contributed by atoms with Crippen LogP contribution >= 0.6 is 0 Å². The first-order valence-electron chi connectivity index (χ1n) is 6.75. The highest BCUT2D eigenvalue weighted by molar-refractivity contribution is 5.83. The van der Waals surface area contributed by atoms with E-state index in [1.54, 1.807) is 0 Å². The summed E-state index contributed by atoms with van der Waals surface area (Å²) in [6.07, 6.45) is 1.89. The molecule has 0 spiro atoms. The highest BCUT2D eigenvalue weighted by atomic mass is 16.5. The summed E-state index contributed by atoms with van der Waals surface area (Å²) in [6, 6.07) is 0.0524. The van der Waals surface area contributed by atoms with Gasteiger partial charge in [0.1, 0.15) is 0 Å². The Labute approximate surface area is 105 Å². The van der Waals surface area contributed by atoms with Crippen LogP contribution in [0.25, 0.3) is 0 Å². The molecule has 0 radical (unpaired) electrons. The molecule has 0 aromatic carbocycles. The summed E-state index contributed by atoms with van der Waals surface area (Å²) < 4.78 is 5.51. The molecule has 0 aromatic rings. The van der Waals surface area contributed by atoms with E-state index in [0.717, 1.165) is 45.7 Å². The maximum atomic E-state index is 11.9. The van der Waals surface area contributed by atoms with Crippen LogP contribution in [0.2, 0.25) is 0 Å². The third-order valence-corrected chi connectivity index (χ3v) is 2.92. The molecule has 100 valence electrons. The lowest BCUT2D eigenvalue weighted by Crippen LogP contribution is -2.38. The summed E-state index contributed by atoms with van der Waals surface area (Å²) in [7, 11) is 0. The standard InChI is InChI=1S/C13H26N2O2/c1-4-14-12-6-8-15(13(12)16)7-5-9-17-10-11(2)3/h11-12,14H,4-10H2,1-3H3. The van der Waals surface area contributed by atoms with Crippen LogP contribution in [0.4, 0.5) is 0 Å². The lowest BCUT2D eigenvalue weighted by molar-refractivity contribution is -0.129. The molecule has 1 aliphatic heterocycles. The quantitative estimate of drug-likeness (QED) is 0.652. The van der Waals surface area contributed by atoms with E-state index in [1.165, 1.54) is 0 Å². The minimum Gasteiger partial charge on any atom is -0.381 e. The van der Waals surface area contributed by atoms with Crippen molar-refractivity contribution in [2.24, 2.45) is 5.92 Å². The Morgan fingerprint density at radius 2 is 2.29 bits per heavy atom. The number of likely N-dealkylation sites (tertiary alicyclic amines) is 1. The van der Waals surface area contributed by atoms with E-state index >= 15 is 0 Å². The van der Waals surface area contributed by atoms with Gasteiger partial charge in [-0.15, -0.1) is 0 Å². The summed E-state index contributed by atoms with van der Waals surface area (Å²) in [5, 5.41) is 3.22. The van der Waals surface area contributed by atoms with Crippen molar-refractivity contribution in [2.75, 3.05) is 32.8 Å². The molecule has 1 atom stereocenters. The summed E-state index contributed by atoms with van der Waals surface area (Å²) >= 11 is 0. The molecular weight excluding hydrogens is 216 g/mol. The zero-order chi connectivity index (χ0) is 12.7. The van der Waals surface area contributed by atoms with Gasteiger partial charge in [-0.2, -0.15) is 0 Å². The Morgan fingerprint density at radius 1 is 1.53 bits per heavy atom. The van der Waals surface area contributed by atoms with Gasteiger partial charge in [0.2, 0.25) is 5.91 Å². The molecule has 0 saturated carbocycles. The summed E-state index contributed by atoms with van der Waals surface area (Å²) in [5.41, 5.74) is 0. The van der Waals surface area contributed by atoms with Crippen LogP contribution in [0, 0.1) is 5.92 Å². The topological polar surface area (TPSA) is 41.6 Å². The van der Waals surface area contributed by atoms with Gasteiger partial charge in [-0.05, 0) is 25.3 Å². The first kappa shape index (κ1) is 14.5. The molecule has 4 nitrogen and oxygen atoms in total. The Hall–Kier alpha value is -0.610. The van der Waals surface area contributed by atoms with Gasteiger partial charge in [0.05, 0.1) is 6.04 Å². The normalized spacial score (nSPS) is 20.6. The fourth-order valence-corrected chi connectivity index (χ4v) is 2.07. The summed E-state index contributed by atoms with van der Waals surface area (Å²) in [6.45, 7) is 10.5. The summed E-state index contributed by atoms with van der Waals surface area (Å²) in [5.74, 6) is 0.845. The molecule has 1 unspecified atom stereocenters. The van der Waals surface area contributed by atoms with Crippen LogP contribution in [-0.4, -0.2) is 49.7 Å². The predicted molar refractivity (Wildman–Crippen MR) is 68.9 cm³/mol. The Bertz CT molecular complexity index is 231. The van der Waals surface area contributed by atoms with Gasteiger partial charge in [0.25, 0.3) is 0 Å². The van der Waals surface area contributed by atoms with E-state index in [2.05, 4.69) is 19.2 Å². The van der Waals surface area contributed by atoms with Gasteiger partial charge in [-0.3, -0.25) is 4.79 Å². The minimum atomic E-state index is 0.0524. The second kappa shape index (κ2) is 7.67. The first-order chi connectivity index (χ1) is 8.15. The van der Waals surface area contributed by atoms with Crippen molar-refractivity contribution in [1.29, 1.82) is 0 Å². The van der Waals surface area contributed by atoms with Crippen LogP contribution in [0.15, 0.2) is 0 Å². The molecule has 1 N–H and O–H groups in total. The van der Waals surface area contributed by atoms with Crippen molar-refractivity contribution in [2.45, 2.75) is 39.7 Å². The Morgan fingerprint density at radius 3 is 2.94 bits per heavy atom. The monoisotopic (exact) mass is 242 g/mol. The zero-order valence-corrected chi connectivity index (χ0v) is 11.4. The third-order valence-electron chi connectivity index (χ3n) is 2.92. The molecule has 1 heterocycles. The fourth-order valence-electron chi connectivity index (χ4n) is 2.07. The number of ether oxygens (including phenoxy) is 1. The largest absolute Gasteiger partial charge is 0.381 e. The average Bonchev–Trinajstić information content (AvgIpc) is 2.61. The number of rotatable bonds is 8. The smallest absolute Gasteiger partial charge is 0.239 e. The SMILES string of the molecule is CCNC1CCN(CCCOCC(C)C)C1=O. The van der Waals surface area contributed by atoms with E-state index in [-0.39, 0.29) is 11.9 Å². The highest BCUT2D eigenvalue weighted by Gasteiger charge is 2.29. The second-order valence-corrected chi connectivity index (χ2v) is 5.05. The number of amides is 1. The number of hydrogen-bond donors (Lipinski definition) is 1. The van der Waals surface area contributed by atoms with Crippen LogP contribution < -0.4 is 5.32 Å². The van der Waals surface area contributed by atoms with Gasteiger partial charge in [0, 0.05) is 26.3 Å². The third kappa shape index (κ3) is 5.04. The second-order valence-electron chi connectivity index (χ2n) is 5.05. The lowest BCUT2D eigenvalue weighted by Gasteiger charge is -2.17. The molecule has 0 aromatic heterocycles. The molecule has 4 heteroatoms. The summed E-state index contributed by atoms with van der Waals surface area (Å²) in [4.78, 5) is 13.8. The number of carbonyl (C=O) groups excluding carboxylic acids is 1. The highest BCUT2D eigenvalue weighted by Crippen LogP contribution is 2.11. The van der Waals surface area contributed by atoms with E-state index in [4.69, 9.17) is 4.74 Å². The molecule has 1 aliphatic rings. The number of nitrogens with zero attached hydrogens (tertiary/aromatic N) is 1. The van der Waals surface area contributed by atoms with E-state index in [1.807, 2.05) is 11.8 Å². The van der Waals surface area contributed by atoms with Crippen LogP contribution in [0.3, 0.4) is 0 Å². The fraction of sp³-hybridized carbons (Fsp3) is 0.923. The first-order valence-corrected chi connectivity index (χ1v) is 6.75. The predicted octanol–water partition coefficient (Wildman–Crippen LogP) is 1.26. The zero-order valence-electron chi connectivity index (χ0n) is 11.4. The number of hydrogen-bond acceptors (Lipinski definition) is 3. The number of likely N-dealkylation sites (N-methyl/N-ethyl adjacent to an activating group) is 1. The molecular formula is C13H26N2O2. The lowest BCUT2D eigenvalue weighted by atomic mass is 10.2. The van der Waals surface area contributed by atoms with Crippen molar-refractivity contribution in [3.05, 3.63) is 0 Å². The van der Waals surface area contributed by atoms with Crippen molar-refractivity contribution in [1.82, 2.24) is 10.2 Å². The number of nitrogens with one attached hydrogen (secondary N) is 1. The van der Waals surface area contributed by atoms with E-state index < -0.39 is 0 Å². The van der Waals surface area contributed by atoms with Crippen molar-refractivity contribution in [3.8, 4) is 0 Å². The van der Waals surface area contributed by atoms with Gasteiger partial charge in [0.15, 0.2) is 0 Å². The van der Waals surface area contributed by atoms with Crippen molar-refractivity contribution >= 4 is 5.91 Å². The molecule has 0 aliphatic carbocycles. The minimum absolute atomic E-state index is 0.0524. The van der Waals surface area contributed by atoms with Crippen LogP contribution in [0.5, 0.6) is 0 Å².